The number of rotatable bonds is 5. The van der Waals surface area contributed by atoms with Crippen molar-refractivity contribution in [1.82, 2.24) is 9.97 Å². The number of aromatic nitrogens is 2. The number of hydrogen-bond donors (Lipinski definition) is 1. The molecule has 3 nitrogen and oxygen atoms in total. The first-order valence-corrected chi connectivity index (χ1v) is 6.91. The Hall–Kier alpha value is -1.90. The van der Waals surface area contributed by atoms with Gasteiger partial charge in [-0.2, -0.15) is 0 Å². The molecule has 0 aliphatic rings. The molecule has 2 aromatic rings. The standard InChI is InChI=1S/C16H21N3/c1-4-6-14-15(18-11-19-16(14)17-3)13-9-7-12(5-2)8-10-13/h7-11H,4-6H2,1-3H3,(H,17,18,19). The van der Waals surface area contributed by atoms with Crippen LogP contribution in [-0.4, -0.2) is 17.0 Å². The monoisotopic (exact) mass is 255 g/mol. The lowest BCUT2D eigenvalue weighted by Crippen LogP contribution is -2.03. The summed E-state index contributed by atoms with van der Waals surface area (Å²) in [5.41, 5.74) is 4.77. The van der Waals surface area contributed by atoms with E-state index in [1.54, 1.807) is 6.33 Å². The Morgan fingerprint density at radius 3 is 2.37 bits per heavy atom. The van der Waals surface area contributed by atoms with E-state index < -0.39 is 0 Å². The molecule has 0 saturated heterocycles. The van der Waals surface area contributed by atoms with Crippen molar-refractivity contribution < 1.29 is 0 Å². The third-order valence-electron chi connectivity index (χ3n) is 3.32. The molecule has 1 aromatic carbocycles. The maximum atomic E-state index is 4.48. The average Bonchev–Trinajstić information content (AvgIpc) is 2.48. The summed E-state index contributed by atoms with van der Waals surface area (Å²) < 4.78 is 0. The highest BCUT2D eigenvalue weighted by Crippen LogP contribution is 2.27. The summed E-state index contributed by atoms with van der Waals surface area (Å²) in [6, 6.07) is 8.65. The Balaban J connectivity index is 2.47. The predicted octanol–water partition coefficient (Wildman–Crippen LogP) is 3.70. The molecule has 2 rings (SSSR count). The SMILES string of the molecule is CCCc1c(NC)ncnc1-c1ccc(CC)cc1. The molecule has 0 aliphatic heterocycles. The minimum Gasteiger partial charge on any atom is -0.373 e. The number of anilines is 1. The molecule has 1 N–H and O–H groups in total. The van der Waals surface area contributed by atoms with Crippen LogP contribution in [0.2, 0.25) is 0 Å². The fourth-order valence-corrected chi connectivity index (χ4v) is 2.26. The van der Waals surface area contributed by atoms with Gasteiger partial charge in [-0.25, -0.2) is 9.97 Å². The molecule has 0 atom stereocenters. The highest BCUT2D eigenvalue weighted by molar-refractivity contribution is 5.68. The summed E-state index contributed by atoms with van der Waals surface area (Å²) in [6.07, 6.45) is 4.77. The Kier molecular flexibility index (Phi) is 4.50. The maximum Gasteiger partial charge on any atom is 0.132 e. The van der Waals surface area contributed by atoms with Crippen molar-refractivity contribution >= 4 is 5.82 Å². The molecular formula is C16H21N3. The first-order chi connectivity index (χ1) is 9.30. The largest absolute Gasteiger partial charge is 0.373 e. The van der Waals surface area contributed by atoms with E-state index in [4.69, 9.17) is 0 Å². The van der Waals surface area contributed by atoms with Gasteiger partial charge in [0.25, 0.3) is 0 Å². The van der Waals surface area contributed by atoms with Gasteiger partial charge in [-0.05, 0) is 18.4 Å². The molecule has 0 unspecified atom stereocenters. The number of nitrogens with zero attached hydrogens (tertiary/aromatic N) is 2. The van der Waals surface area contributed by atoms with E-state index in [9.17, 15) is 0 Å². The highest BCUT2D eigenvalue weighted by atomic mass is 15.0. The Morgan fingerprint density at radius 2 is 1.79 bits per heavy atom. The van der Waals surface area contributed by atoms with Crippen LogP contribution in [0.5, 0.6) is 0 Å². The maximum absolute atomic E-state index is 4.48. The molecule has 19 heavy (non-hydrogen) atoms. The number of hydrogen-bond acceptors (Lipinski definition) is 3. The fourth-order valence-electron chi connectivity index (χ4n) is 2.26. The third-order valence-corrected chi connectivity index (χ3v) is 3.32. The third kappa shape index (κ3) is 2.92. The first kappa shape index (κ1) is 13.5. The van der Waals surface area contributed by atoms with Crippen molar-refractivity contribution in [1.29, 1.82) is 0 Å². The minimum atomic E-state index is 0.936. The average molecular weight is 255 g/mol. The van der Waals surface area contributed by atoms with Crippen LogP contribution < -0.4 is 5.32 Å². The van der Waals surface area contributed by atoms with E-state index in [1.165, 1.54) is 16.7 Å². The van der Waals surface area contributed by atoms with Crippen molar-refractivity contribution in [2.45, 2.75) is 33.1 Å². The zero-order valence-corrected chi connectivity index (χ0v) is 11.9. The van der Waals surface area contributed by atoms with Crippen LogP contribution in [0.1, 0.15) is 31.4 Å². The highest BCUT2D eigenvalue weighted by Gasteiger charge is 2.11. The van der Waals surface area contributed by atoms with E-state index in [-0.39, 0.29) is 0 Å². The molecule has 1 heterocycles. The lowest BCUT2D eigenvalue weighted by molar-refractivity contribution is 0.905. The molecule has 1 aromatic heterocycles. The van der Waals surface area contributed by atoms with Crippen molar-refractivity contribution in [2.75, 3.05) is 12.4 Å². The summed E-state index contributed by atoms with van der Waals surface area (Å²) in [7, 11) is 1.91. The lowest BCUT2D eigenvalue weighted by Gasteiger charge is -2.12. The second-order valence-corrected chi connectivity index (χ2v) is 4.60. The predicted molar refractivity (Wildman–Crippen MR) is 80.4 cm³/mol. The van der Waals surface area contributed by atoms with E-state index >= 15 is 0 Å². The Morgan fingerprint density at radius 1 is 1.05 bits per heavy atom. The molecule has 0 radical (unpaired) electrons. The number of benzene rings is 1. The topological polar surface area (TPSA) is 37.8 Å². The van der Waals surface area contributed by atoms with Crippen molar-refractivity contribution in [2.24, 2.45) is 0 Å². The van der Waals surface area contributed by atoms with Crippen LogP contribution >= 0.6 is 0 Å². The van der Waals surface area contributed by atoms with E-state index in [0.29, 0.717) is 0 Å². The van der Waals surface area contributed by atoms with Crippen LogP contribution in [0, 0.1) is 0 Å². The minimum absolute atomic E-state index is 0.936. The van der Waals surface area contributed by atoms with Gasteiger partial charge in [0.05, 0.1) is 5.69 Å². The van der Waals surface area contributed by atoms with E-state index in [0.717, 1.165) is 30.8 Å². The van der Waals surface area contributed by atoms with Gasteiger partial charge >= 0.3 is 0 Å². The zero-order chi connectivity index (χ0) is 13.7. The summed E-state index contributed by atoms with van der Waals surface area (Å²) in [6.45, 7) is 4.34. The van der Waals surface area contributed by atoms with Gasteiger partial charge in [-0.15, -0.1) is 0 Å². The molecule has 0 fully saturated rings. The normalized spacial score (nSPS) is 10.5. The summed E-state index contributed by atoms with van der Waals surface area (Å²) in [4.78, 5) is 8.79. The molecule has 0 spiro atoms. The van der Waals surface area contributed by atoms with Crippen LogP contribution in [0.3, 0.4) is 0 Å². The van der Waals surface area contributed by atoms with Crippen LogP contribution in [-0.2, 0) is 12.8 Å². The lowest BCUT2D eigenvalue weighted by atomic mass is 10.0. The van der Waals surface area contributed by atoms with Gasteiger partial charge < -0.3 is 5.32 Å². The van der Waals surface area contributed by atoms with Crippen LogP contribution in [0.15, 0.2) is 30.6 Å². The summed E-state index contributed by atoms with van der Waals surface area (Å²) >= 11 is 0. The van der Waals surface area contributed by atoms with E-state index in [1.807, 2.05) is 7.05 Å². The molecule has 0 aliphatic carbocycles. The Bertz CT molecular complexity index is 532. The van der Waals surface area contributed by atoms with Crippen molar-refractivity contribution in [3.63, 3.8) is 0 Å². The zero-order valence-electron chi connectivity index (χ0n) is 11.9. The molecular weight excluding hydrogens is 234 g/mol. The molecule has 0 amide bonds. The van der Waals surface area contributed by atoms with Gasteiger partial charge in [0.1, 0.15) is 12.1 Å². The summed E-state index contributed by atoms with van der Waals surface area (Å²) in [5, 5.41) is 3.16. The van der Waals surface area contributed by atoms with Gasteiger partial charge in [0.2, 0.25) is 0 Å². The molecule has 3 heteroatoms. The van der Waals surface area contributed by atoms with Crippen molar-refractivity contribution in [3.8, 4) is 11.3 Å². The molecule has 0 bridgehead atoms. The van der Waals surface area contributed by atoms with Gasteiger partial charge in [0, 0.05) is 18.2 Å². The van der Waals surface area contributed by atoms with Crippen LogP contribution in [0.25, 0.3) is 11.3 Å². The van der Waals surface area contributed by atoms with Gasteiger partial charge in [0.15, 0.2) is 0 Å². The van der Waals surface area contributed by atoms with Gasteiger partial charge in [-0.1, -0.05) is 44.5 Å². The molecule has 0 saturated carbocycles. The van der Waals surface area contributed by atoms with Crippen LogP contribution in [0.4, 0.5) is 5.82 Å². The van der Waals surface area contributed by atoms with E-state index in [2.05, 4.69) is 53.4 Å². The first-order valence-electron chi connectivity index (χ1n) is 6.91. The smallest absolute Gasteiger partial charge is 0.132 e. The fraction of sp³-hybridized carbons (Fsp3) is 0.375. The Labute approximate surface area is 115 Å². The van der Waals surface area contributed by atoms with Gasteiger partial charge in [-0.3, -0.25) is 0 Å². The number of nitrogens with one attached hydrogen (secondary N) is 1. The molecule has 100 valence electrons. The quantitative estimate of drug-likeness (QED) is 0.885. The summed E-state index contributed by atoms with van der Waals surface area (Å²) in [5.74, 6) is 0.936. The second kappa shape index (κ2) is 6.32. The number of aryl methyl sites for hydroxylation is 1. The van der Waals surface area contributed by atoms with Crippen molar-refractivity contribution in [3.05, 3.63) is 41.7 Å². The second-order valence-electron chi connectivity index (χ2n) is 4.60.